The van der Waals surface area contributed by atoms with Gasteiger partial charge in [0.05, 0.1) is 23.9 Å². The van der Waals surface area contributed by atoms with Crippen molar-refractivity contribution in [1.82, 2.24) is 9.80 Å². The number of methoxy groups -OCH3 is 1. The van der Waals surface area contributed by atoms with Crippen molar-refractivity contribution in [3.8, 4) is 0 Å². The molecule has 0 saturated carbocycles. The molecule has 0 radical (unpaired) electrons. The lowest BCUT2D eigenvalue weighted by Gasteiger charge is -2.28. The Morgan fingerprint density at radius 3 is 2.45 bits per heavy atom. The Balaban J connectivity index is 1.74. The van der Waals surface area contributed by atoms with Crippen LogP contribution in [0.15, 0.2) is 66.0 Å². The zero-order chi connectivity index (χ0) is 23.6. The molecular formula is C24H25Cl2N3O3S. The van der Waals surface area contributed by atoms with Crippen molar-refractivity contribution in [1.29, 1.82) is 0 Å². The standard InChI is InChI=1S/C24H25Cl2N3O3S/c1-32-12-11-28(24(31)27-22-10-9-19(25)14-21(22)26)17-23(30)29(16-20-8-5-13-33-20)15-18-6-3-2-4-7-18/h2-10,13-14H,11-12,15-17H2,1H3,(H,27,31). The number of carbonyl (C=O) groups excluding carboxylic acids is 2. The summed E-state index contributed by atoms with van der Waals surface area (Å²) < 4.78 is 5.15. The van der Waals surface area contributed by atoms with Crippen LogP contribution in [0.1, 0.15) is 10.4 Å². The maximum Gasteiger partial charge on any atom is 0.322 e. The summed E-state index contributed by atoms with van der Waals surface area (Å²) in [5.41, 5.74) is 1.43. The molecule has 0 atom stereocenters. The number of thiophene rings is 1. The van der Waals surface area contributed by atoms with E-state index in [9.17, 15) is 9.59 Å². The third-order valence-corrected chi connectivity index (χ3v) is 6.26. The summed E-state index contributed by atoms with van der Waals surface area (Å²) in [5, 5.41) is 5.52. The molecule has 3 amide bonds. The summed E-state index contributed by atoms with van der Waals surface area (Å²) in [6.07, 6.45) is 0. The van der Waals surface area contributed by atoms with Crippen LogP contribution in [0.5, 0.6) is 0 Å². The number of amides is 3. The van der Waals surface area contributed by atoms with Gasteiger partial charge in [-0.2, -0.15) is 0 Å². The molecule has 0 bridgehead atoms. The number of nitrogens with one attached hydrogen (secondary N) is 1. The van der Waals surface area contributed by atoms with Crippen molar-refractivity contribution in [3.63, 3.8) is 0 Å². The summed E-state index contributed by atoms with van der Waals surface area (Å²) in [6.45, 7) is 1.35. The molecule has 174 valence electrons. The number of rotatable bonds is 10. The van der Waals surface area contributed by atoms with Crippen LogP contribution < -0.4 is 5.32 Å². The first-order valence-corrected chi connectivity index (χ1v) is 11.9. The predicted octanol–water partition coefficient (Wildman–Crippen LogP) is 5.76. The molecule has 1 N–H and O–H groups in total. The lowest BCUT2D eigenvalue weighted by Crippen LogP contribution is -2.45. The van der Waals surface area contributed by atoms with Gasteiger partial charge in [0.2, 0.25) is 5.91 Å². The zero-order valence-corrected chi connectivity index (χ0v) is 20.5. The summed E-state index contributed by atoms with van der Waals surface area (Å²) >= 11 is 13.7. The van der Waals surface area contributed by atoms with Gasteiger partial charge in [-0.1, -0.05) is 59.6 Å². The Bertz CT molecular complexity index is 1050. The molecule has 0 aliphatic rings. The first-order chi connectivity index (χ1) is 16.0. The first-order valence-electron chi connectivity index (χ1n) is 10.3. The molecule has 33 heavy (non-hydrogen) atoms. The van der Waals surface area contributed by atoms with E-state index in [1.807, 2.05) is 47.8 Å². The number of urea groups is 1. The second kappa shape index (κ2) is 12.6. The molecule has 0 aliphatic heterocycles. The minimum atomic E-state index is -0.444. The Labute approximate surface area is 207 Å². The van der Waals surface area contributed by atoms with E-state index in [1.165, 1.54) is 4.90 Å². The van der Waals surface area contributed by atoms with Crippen molar-refractivity contribution < 1.29 is 14.3 Å². The van der Waals surface area contributed by atoms with Crippen molar-refractivity contribution in [2.45, 2.75) is 13.1 Å². The molecule has 9 heteroatoms. The van der Waals surface area contributed by atoms with E-state index in [-0.39, 0.29) is 19.0 Å². The Kier molecular flexibility index (Phi) is 9.57. The van der Waals surface area contributed by atoms with Crippen molar-refractivity contribution in [2.24, 2.45) is 0 Å². The van der Waals surface area contributed by atoms with Crippen LogP contribution in [-0.4, -0.2) is 48.5 Å². The van der Waals surface area contributed by atoms with Gasteiger partial charge in [-0.15, -0.1) is 11.3 Å². The van der Waals surface area contributed by atoms with Gasteiger partial charge < -0.3 is 19.9 Å². The average molecular weight is 506 g/mol. The second-order valence-corrected chi connectivity index (χ2v) is 9.16. The number of carbonyl (C=O) groups is 2. The van der Waals surface area contributed by atoms with Crippen LogP contribution in [-0.2, 0) is 22.6 Å². The third-order valence-electron chi connectivity index (χ3n) is 4.85. The van der Waals surface area contributed by atoms with Gasteiger partial charge in [-0.05, 0) is 35.2 Å². The molecule has 0 unspecified atom stereocenters. The van der Waals surface area contributed by atoms with Gasteiger partial charge in [0.1, 0.15) is 6.54 Å². The smallest absolute Gasteiger partial charge is 0.322 e. The number of nitrogens with zero attached hydrogens (tertiary/aromatic N) is 2. The SMILES string of the molecule is COCCN(CC(=O)N(Cc1ccccc1)Cc1cccs1)C(=O)Nc1ccc(Cl)cc1Cl. The van der Waals surface area contributed by atoms with Gasteiger partial charge in [-0.25, -0.2) is 4.79 Å². The predicted molar refractivity (Wildman–Crippen MR) is 134 cm³/mol. The van der Waals surface area contributed by atoms with E-state index in [4.69, 9.17) is 27.9 Å². The normalized spacial score (nSPS) is 10.6. The fourth-order valence-electron chi connectivity index (χ4n) is 3.13. The number of halogens is 2. The molecule has 6 nitrogen and oxygen atoms in total. The van der Waals surface area contributed by atoms with Crippen LogP contribution in [0.25, 0.3) is 0 Å². The van der Waals surface area contributed by atoms with E-state index >= 15 is 0 Å². The van der Waals surface area contributed by atoms with Crippen LogP contribution in [0.2, 0.25) is 10.0 Å². The third kappa shape index (κ3) is 7.75. The number of anilines is 1. The maximum absolute atomic E-state index is 13.3. The van der Waals surface area contributed by atoms with E-state index in [2.05, 4.69) is 5.32 Å². The Morgan fingerprint density at radius 1 is 1.00 bits per heavy atom. The van der Waals surface area contributed by atoms with Crippen molar-refractivity contribution >= 4 is 52.2 Å². The summed E-state index contributed by atoms with van der Waals surface area (Å²) in [4.78, 5) is 30.6. The minimum Gasteiger partial charge on any atom is -0.383 e. The lowest BCUT2D eigenvalue weighted by molar-refractivity contribution is -0.133. The summed E-state index contributed by atoms with van der Waals surface area (Å²) in [5.74, 6) is -0.166. The van der Waals surface area contributed by atoms with Crippen LogP contribution in [0.4, 0.5) is 10.5 Å². The molecule has 3 aromatic rings. The maximum atomic E-state index is 13.3. The molecule has 0 spiro atoms. The van der Waals surface area contributed by atoms with Crippen LogP contribution in [0, 0.1) is 0 Å². The molecule has 2 aromatic carbocycles. The number of hydrogen-bond donors (Lipinski definition) is 1. The number of ether oxygens (including phenoxy) is 1. The molecule has 0 fully saturated rings. The zero-order valence-electron chi connectivity index (χ0n) is 18.2. The van der Waals surface area contributed by atoms with E-state index in [0.717, 1.165) is 10.4 Å². The van der Waals surface area contributed by atoms with Gasteiger partial charge in [-0.3, -0.25) is 4.79 Å². The fourth-order valence-corrected chi connectivity index (χ4v) is 4.30. The van der Waals surface area contributed by atoms with Crippen LogP contribution >= 0.6 is 34.5 Å². The number of hydrogen-bond acceptors (Lipinski definition) is 4. The molecule has 1 heterocycles. The van der Waals surface area contributed by atoms with Crippen molar-refractivity contribution in [2.75, 3.05) is 32.1 Å². The largest absolute Gasteiger partial charge is 0.383 e. The molecule has 3 rings (SSSR count). The number of benzene rings is 2. The molecule has 0 aliphatic carbocycles. The topological polar surface area (TPSA) is 61.9 Å². The highest BCUT2D eigenvalue weighted by Crippen LogP contribution is 2.25. The Hall–Kier alpha value is -2.58. The monoisotopic (exact) mass is 505 g/mol. The minimum absolute atomic E-state index is 0.0986. The van der Waals surface area contributed by atoms with Gasteiger partial charge in [0, 0.05) is 30.1 Å². The summed E-state index contributed by atoms with van der Waals surface area (Å²) in [6, 6.07) is 18.1. The Morgan fingerprint density at radius 2 is 1.79 bits per heavy atom. The average Bonchev–Trinajstić information content (AvgIpc) is 3.31. The summed E-state index contributed by atoms with van der Waals surface area (Å²) in [7, 11) is 1.55. The van der Waals surface area contributed by atoms with Crippen molar-refractivity contribution in [3.05, 3.63) is 86.5 Å². The highest BCUT2D eigenvalue weighted by molar-refractivity contribution is 7.09. The van der Waals surface area contributed by atoms with Gasteiger partial charge in [0.25, 0.3) is 0 Å². The molecular weight excluding hydrogens is 481 g/mol. The van der Waals surface area contributed by atoms with Crippen LogP contribution in [0.3, 0.4) is 0 Å². The second-order valence-electron chi connectivity index (χ2n) is 7.28. The van der Waals surface area contributed by atoms with E-state index in [1.54, 1.807) is 41.5 Å². The van der Waals surface area contributed by atoms with E-state index in [0.29, 0.717) is 35.4 Å². The quantitative estimate of drug-likeness (QED) is 0.380. The first kappa shape index (κ1) is 25.1. The van der Waals surface area contributed by atoms with E-state index < -0.39 is 6.03 Å². The molecule has 1 aromatic heterocycles. The molecule has 0 saturated heterocycles. The fraction of sp³-hybridized carbons (Fsp3) is 0.250. The lowest BCUT2D eigenvalue weighted by atomic mass is 10.2. The van der Waals surface area contributed by atoms with Gasteiger partial charge >= 0.3 is 6.03 Å². The van der Waals surface area contributed by atoms with Gasteiger partial charge in [0.15, 0.2) is 0 Å². The highest BCUT2D eigenvalue weighted by Gasteiger charge is 2.22. The highest BCUT2D eigenvalue weighted by atomic mass is 35.5.